The third-order valence-corrected chi connectivity index (χ3v) is 6.35. The molecule has 2 aromatic heterocycles. The summed E-state index contributed by atoms with van der Waals surface area (Å²) in [7, 11) is 0. The normalized spacial score (nSPS) is 19.4. The smallest absolute Gasteiger partial charge is 0.253 e. The van der Waals surface area contributed by atoms with Gasteiger partial charge >= 0.3 is 0 Å². The van der Waals surface area contributed by atoms with Crippen LogP contribution in [0.25, 0.3) is 5.65 Å². The van der Waals surface area contributed by atoms with Crippen molar-refractivity contribution >= 4 is 34.9 Å². The van der Waals surface area contributed by atoms with Crippen LogP contribution in [0, 0.1) is 0 Å². The van der Waals surface area contributed by atoms with E-state index in [2.05, 4.69) is 15.5 Å². The van der Waals surface area contributed by atoms with Gasteiger partial charge in [-0.05, 0) is 43.2 Å². The van der Waals surface area contributed by atoms with E-state index in [0.29, 0.717) is 17.9 Å². The van der Waals surface area contributed by atoms with Crippen LogP contribution in [0.2, 0.25) is 0 Å². The Bertz CT molecular complexity index is 1080. The van der Waals surface area contributed by atoms with Crippen LogP contribution in [0.1, 0.15) is 34.9 Å². The molecule has 142 valence electrons. The van der Waals surface area contributed by atoms with E-state index < -0.39 is 0 Å². The number of amides is 2. The van der Waals surface area contributed by atoms with E-state index in [0.717, 1.165) is 41.4 Å². The van der Waals surface area contributed by atoms with E-state index in [9.17, 15) is 9.59 Å². The molecule has 1 unspecified atom stereocenters. The summed E-state index contributed by atoms with van der Waals surface area (Å²) in [6, 6.07) is 11.4. The van der Waals surface area contributed by atoms with Crippen molar-refractivity contribution in [2.24, 2.45) is 0 Å². The standard InChI is InChI=1S/C20H19N5O2S/c26-18-12-28-16-7-6-13(10-15(16)21-18)20(27)24-8-3-4-14(11-24)19-23-22-17-5-1-2-9-25(17)19/h1-2,5-7,9-10,14H,3-4,8,11-12H2,(H,21,26). The van der Waals surface area contributed by atoms with Crippen molar-refractivity contribution in [2.75, 3.05) is 24.2 Å². The van der Waals surface area contributed by atoms with Gasteiger partial charge in [-0.2, -0.15) is 0 Å². The van der Waals surface area contributed by atoms with Crippen molar-refractivity contribution in [3.8, 4) is 0 Å². The third kappa shape index (κ3) is 3.03. The molecule has 1 saturated heterocycles. The fourth-order valence-corrected chi connectivity index (χ4v) is 4.70. The van der Waals surface area contributed by atoms with E-state index >= 15 is 0 Å². The maximum absolute atomic E-state index is 13.1. The quantitative estimate of drug-likeness (QED) is 0.724. The summed E-state index contributed by atoms with van der Waals surface area (Å²) in [5.74, 6) is 1.44. The second-order valence-corrected chi connectivity index (χ2v) is 8.14. The Hall–Kier alpha value is -2.87. The molecular formula is C20H19N5O2S. The number of nitrogens with zero attached hydrogens (tertiary/aromatic N) is 4. The molecule has 7 nitrogen and oxygen atoms in total. The van der Waals surface area contributed by atoms with E-state index in [-0.39, 0.29) is 17.7 Å². The zero-order valence-corrected chi connectivity index (χ0v) is 16.0. The average Bonchev–Trinajstić information content (AvgIpc) is 3.17. The van der Waals surface area contributed by atoms with Crippen LogP contribution in [0.4, 0.5) is 5.69 Å². The molecule has 0 spiro atoms. The van der Waals surface area contributed by atoms with Crippen LogP contribution in [-0.4, -0.2) is 50.2 Å². The Morgan fingerprint density at radius 1 is 1.21 bits per heavy atom. The lowest BCUT2D eigenvalue weighted by molar-refractivity contribution is -0.113. The van der Waals surface area contributed by atoms with Gasteiger partial charge in [-0.1, -0.05) is 6.07 Å². The first-order valence-electron chi connectivity index (χ1n) is 9.35. The Kier molecular flexibility index (Phi) is 4.27. The Balaban J connectivity index is 1.38. The average molecular weight is 393 g/mol. The van der Waals surface area contributed by atoms with Crippen molar-refractivity contribution in [3.05, 3.63) is 54.0 Å². The molecule has 1 aromatic carbocycles. The van der Waals surface area contributed by atoms with Crippen molar-refractivity contribution in [2.45, 2.75) is 23.7 Å². The highest BCUT2D eigenvalue weighted by atomic mass is 32.2. The molecule has 8 heteroatoms. The topological polar surface area (TPSA) is 79.6 Å². The van der Waals surface area contributed by atoms with Crippen molar-refractivity contribution < 1.29 is 9.59 Å². The molecule has 2 amide bonds. The first-order chi connectivity index (χ1) is 13.7. The van der Waals surface area contributed by atoms with Gasteiger partial charge in [0.05, 0.1) is 11.4 Å². The lowest BCUT2D eigenvalue weighted by Crippen LogP contribution is -2.39. The number of pyridine rings is 1. The number of hydrogen-bond donors (Lipinski definition) is 1. The van der Waals surface area contributed by atoms with E-state index in [4.69, 9.17) is 0 Å². The van der Waals surface area contributed by atoms with Gasteiger partial charge in [-0.15, -0.1) is 22.0 Å². The molecule has 0 radical (unpaired) electrons. The highest BCUT2D eigenvalue weighted by molar-refractivity contribution is 8.00. The maximum Gasteiger partial charge on any atom is 0.253 e. The summed E-state index contributed by atoms with van der Waals surface area (Å²) in [5.41, 5.74) is 2.15. The van der Waals surface area contributed by atoms with Gasteiger partial charge in [-0.25, -0.2) is 0 Å². The number of benzene rings is 1. The Morgan fingerprint density at radius 2 is 2.14 bits per heavy atom. The zero-order chi connectivity index (χ0) is 19.1. The predicted molar refractivity (Wildman–Crippen MR) is 107 cm³/mol. The zero-order valence-electron chi connectivity index (χ0n) is 15.2. The predicted octanol–water partition coefficient (Wildman–Crippen LogP) is 2.79. The molecule has 3 aromatic rings. The van der Waals surface area contributed by atoms with Crippen LogP contribution in [0.5, 0.6) is 0 Å². The second-order valence-electron chi connectivity index (χ2n) is 7.13. The number of anilines is 1. The molecule has 2 aliphatic heterocycles. The summed E-state index contributed by atoms with van der Waals surface area (Å²) >= 11 is 1.50. The molecule has 1 N–H and O–H groups in total. The highest BCUT2D eigenvalue weighted by Crippen LogP contribution is 2.33. The van der Waals surface area contributed by atoms with Gasteiger partial charge in [0.15, 0.2) is 5.65 Å². The lowest BCUT2D eigenvalue weighted by atomic mass is 9.96. The molecule has 4 heterocycles. The second kappa shape index (κ2) is 6.94. The van der Waals surface area contributed by atoms with Gasteiger partial charge in [0.1, 0.15) is 5.82 Å². The Morgan fingerprint density at radius 3 is 3.07 bits per heavy atom. The molecule has 0 saturated carbocycles. The van der Waals surface area contributed by atoms with Gasteiger partial charge in [0.2, 0.25) is 5.91 Å². The lowest BCUT2D eigenvalue weighted by Gasteiger charge is -2.32. The maximum atomic E-state index is 13.1. The molecule has 1 fully saturated rings. The third-order valence-electron chi connectivity index (χ3n) is 5.27. The molecule has 1 atom stereocenters. The number of nitrogens with one attached hydrogen (secondary N) is 1. The van der Waals surface area contributed by atoms with Crippen molar-refractivity contribution in [3.63, 3.8) is 0 Å². The minimum absolute atomic E-state index is 0.00820. The summed E-state index contributed by atoms with van der Waals surface area (Å²) in [4.78, 5) is 27.6. The molecule has 0 aliphatic carbocycles. The number of fused-ring (bicyclic) bond motifs is 2. The van der Waals surface area contributed by atoms with Crippen LogP contribution in [0.3, 0.4) is 0 Å². The van der Waals surface area contributed by atoms with Crippen molar-refractivity contribution in [1.29, 1.82) is 0 Å². The monoisotopic (exact) mass is 393 g/mol. The summed E-state index contributed by atoms with van der Waals surface area (Å²) in [6.45, 7) is 1.34. The highest BCUT2D eigenvalue weighted by Gasteiger charge is 2.29. The number of piperidine rings is 1. The van der Waals surface area contributed by atoms with Crippen LogP contribution in [0.15, 0.2) is 47.5 Å². The number of carbonyl (C=O) groups is 2. The largest absolute Gasteiger partial charge is 0.338 e. The summed E-state index contributed by atoms with van der Waals surface area (Å²) < 4.78 is 2.00. The molecule has 5 rings (SSSR count). The number of aromatic nitrogens is 3. The minimum atomic E-state index is -0.0289. The Labute approximate surface area is 166 Å². The number of rotatable bonds is 2. The number of likely N-dealkylation sites (tertiary alicyclic amines) is 1. The van der Waals surface area contributed by atoms with Crippen LogP contribution in [-0.2, 0) is 4.79 Å². The van der Waals surface area contributed by atoms with E-state index in [1.807, 2.05) is 45.8 Å². The fourth-order valence-electron chi connectivity index (χ4n) is 3.91. The van der Waals surface area contributed by atoms with Crippen molar-refractivity contribution in [1.82, 2.24) is 19.5 Å². The SMILES string of the molecule is O=C1CSc2ccc(C(=O)N3CCCC(c4nnc5ccccn45)C3)cc2N1. The molecule has 0 bridgehead atoms. The first-order valence-corrected chi connectivity index (χ1v) is 10.3. The first kappa shape index (κ1) is 17.2. The van der Waals surface area contributed by atoms with Gasteiger partial charge in [0.25, 0.3) is 5.91 Å². The molecule has 2 aliphatic rings. The minimum Gasteiger partial charge on any atom is -0.338 e. The molecular weight excluding hydrogens is 374 g/mol. The van der Waals surface area contributed by atoms with Gasteiger partial charge in [-0.3, -0.25) is 14.0 Å². The van der Waals surface area contributed by atoms with Crippen LogP contribution >= 0.6 is 11.8 Å². The number of carbonyl (C=O) groups excluding carboxylic acids is 2. The molecule has 28 heavy (non-hydrogen) atoms. The fraction of sp³-hybridized carbons (Fsp3) is 0.300. The van der Waals surface area contributed by atoms with E-state index in [1.165, 1.54) is 11.8 Å². The van der Waals surface area contributed by atoms with E-state index in [1.54, 1.807) is 6.07 Å². The number of thioether (sulfide) groups is 1. The summed E-state index contributed by atoms with van der Waals surface area (Å²) in [6.07, 6.45) is 3.88. The number of hydrogen-bond acceptors (Lipinski definition) is 5. The van der Waals surface area contributed by atoms with Gasteiger partial charge in [0, 0.05) is 35.7 Å². The summed E-state index contributed by atoms with van der Waals surface area (Å²) in [5, 5.41) is 11.5. The van der Waals surface area contributed by atoms with Crippen LogP contribution < -0.4 is 5.32 Å². The van der Waals surface area contributed by atoms with Gasteiger partial charge < -0.3 is 10.2 Å².